The Morgan fingerprint density at radius 1 is 1.67 bits per heavy atom. The van der Waals surface area contributed by atoms with Crippen LogP contribution < -0.4 is 0 Å². The molecule has 0 aromatic rings. The van der Waals surface area contributed by atoms with E-state index in [4.69, 9.17) is 9.47 Å². The normalized spacial score (nSPS) is 18.6. The molecule has 1 rings (SSSR count). The molecular weight excluding hydrogens is 194 g/mol. The fourth-order valence-corrected chi connectivity index (χ4v) is 1.20. The second-order valence-corrected chi connectivity index (χ2v) is 3.70. The van der Waals surface area contributed by atoms with Gasteiger partial charge in [-0.3, -0.25) is 4.79 Å². The lowest BCUT2D eigenvalue weighted by atomic mass is 10.3. The molecule has 4 heteroatoms. The summed E-state index contributed by atoms with van der Waals surface area (Å²) in [7, 11) is 1.78. The van der Waals surface area contributed by atoms with E-state index in [1.807, 2.05) is 0 Å². The Labute approximate surface area is 90.8 Å². The van der Waals surface area contributed by atoms with Crippen LogP contribution in [-0.2, 0) is 14.3 Å². The first-order valence-corrected chi connectivity index (χ1v) is 5.31. The van der Waals surface area contributed by atoms with Gasteiger partial charge in [0.15, 0.2) is 0 Å². The number of hydrogen-bond donors (Lipinski definition) is 0. The summed E-state index contributed by atoms with van der Waals surface area (Å²) in [5, 5.41) is 0. The summed E-state index contributed by atoms with van der Waals surface area (Å²) in [5.41, 5.74) is 0. The average molecular weight is 213 g/mol. The minimum absolute atomic E-state index is 0.0256. The number of epoxide rings is 1. The highest BCUT2D eigenvalue weighted by molar-refractivity contribution is 5.86. The SMILES string of the molecule is C=CC(=O)N(C)CCCCOCC1CO1. The second-order valence-electron chi connectivity index (χ2n) is 3.70. The first-order valence-electron chi connectivity index (χ1n) is 5.31. The fraction of sp³-hybridized carbons (Fsp3) is 0.727. The predicted molar refractivity (Wildman–Crippen MR) is 57.6 cm³/mol. The fourth-order valence-electron chi connectivity index (χ4n) is 1.20. The minimum atomic E-state index is -0.0256. The Hall–Kier alpha value is -0.870. The van der Waals surface area contributed by atoms with Crippen molar-refractivity contribution in [1.82, 2.24) is 4.90 Å². The number of carbonyl (C=O) groups excluding carboxylic acids is 1. The Morgan fingerprint density at radius 2 is 2.40 bits per heavy atom. The van der Waals surface area contributed by atoms with Gasteiger partial charge in [-0.15, -0.1) is 0 Å². The van der Waals surface area contributed by atoms with E-state index in [9.17, 15) is 4.79 Å². The Kier molecular flexibility index (Phi) is 5.36. The van der Waals surface area contributed by atoms with Gasteiger partial charge in [0.1, 0.15) is 6.10 Å². The molecule has 0 bridgehead atoms. The van der Waals surface area contributed by atoms with Gasteiger partial charge in [0, 0.05) is 20.2 Å². The molecule has 0 aromatic heterocycles. The van der Waals surface area contributed by atoms with Crippen LogP contribution in [-0.4, -0.2) is 50.3 Å². The maximum atomic E-state index is 11.1. The first-order chi connectivity index (χ1) is 7.24. The number of likely N-dealkylation sites (N-methyl/N-ethyl adjacent to an activating group) is 1. The molecule has 0 saturated carbocycles. The van der Waals surface area contributed by atoms with E-state index in [0.29, 0.717) is 12.7 Å². The van der Waals surface area contributed by atoms with E-state index in [1.165, 1.54) is 6.08 Å². The van der Waals surface area contributed by atoms with Crippen molar-refractivity contribution in [2.75, 3.05) is 33.4 Å². The smallest absolute Gasteiger partial charge is 0.245 e. The van der Waals surface area contributed by atoms with Gasteiger partial charge in [-0.25, -0.2) is 0 Å². The van der Waals surface area contributed by atoms with Gasteiger partial charge in [-0.2, -0.15) is 0 Å². The number of hydrogen-bond acceptors (Lipinski definition) is 3. The molecule has 4 nitrogen and oxygen atoms in total. The molecule has 1 aliphatic rings. The highest BCUT2D eigenvalue weighted by Crippen LogP contribution is 2.08. The zero-order valence-electron chi connectivity index (χ0n) is 9.28. The monoisotopic (exact) mass is 213 g/mol. The first kappa shape index (κ1) is 12.2. The predicted octanol–water partition coefficient (Wildman–Crippen LogP) is 0.826. The summed E-state index contributed by atoms with van der Waals surface area (Å²) in [6.45, 7) is 6.49. The average Bonchev–Trinajstić information content (AvgIpc) is 3.05. The van der Waals surface area contributed by atoms with Crippen LogP contribution in [0.1, 0.15) is 12.8 Å². The zero-order chi connectivity index (χ0) is 11.1. The summed E-state index contributed by atoms with van der Waals surface area (Å²) in [6, 6.07) is 0. The molecule has 0 spiro atoms. The molecule has 1 saturated heterocycles. The van der Waals surface area contributed by atoms with E-state index in [2.05, 4.69) is 6.58 Å². The largest absolute Gasteiger partial charge is 0.379 e. The summed E-state index contributed by atoms with van der Waals surface area (Å²) in [5.74, 6) is -0.0256. The summed E-state index contributed by atoms with van der Waals surface area (Å²) < 4.78 is 10.4. The van der Waals surface area contributed by atoms with Gasteiger partial charge in [-0.1, -0.05) is 6.58 Å². The van der Waals surface area contributed by atoms with Crippen LogP contribution in [0.15, 0.2) is 12.7 Å². The number of ether oxygens (including phenoxy) is 2. The van der Waals surface area contributed by atoms with E-state index in [-0.39, 0.29) is 5.91 Å². The topological polar surface area (TPSA) is 42.1 Å². The Bertz CT molecular complexity index is 214. The van der Waals surface area contributed by atoms with Gasteiger partial charge in [0.25, 0.3) is 0 Å². The summed E-state index contributed by atoms with van der Waals surface area (Å²) >= 11 is 0. The Morgan fingerprint density at radius 3 is 3.00 bits per heavy atom. The molecule has 0 N–H and O–H groups in total. The van der Waals surface area contributed by atoms with Crippen LogP contribution in [0.5, 0.6) is 0 Å². The third-order valence-electron chi connectivity index (χ3n) is 2.29. The summed E-state index contributed by atoms with van der Waals surface area (Å²) in [6.07, 6.45) is 3.61. The molecule has 15 heavy (non-hydrogen) atoms. The van der Waals surface area contributed by atoms with E-state index >= 15 is 0 Å². The van der Waals surface area contributed by atoms with E-state index in [0.717, 1.165) is 32.6 Å². The third kappa shape index (κ3) is 5.54. The molecule has 86 valence electrons. The van der Waals surface area contributed by atoms with Crippen molar-refractivity contribution in [2.45, 2.75) is 18.9 Å². The van der Waals surface area contributed by atoms with Crippen molar-refractivity contribution in [1.29, 1.82) is 0 Å². The van der Waals surface area contributed by atoms with Crippen LogP contribution in [0, 0.1) is 0 Å². The molecule has 1 amide bonds. The molecule has 0 aliphatic carbocycles. The van der Waals surface area contributed by atoms with Crippen LogP contribution in [0.3, 0.4) is 0 Å². The van der Waals surface area contributed by atoms with Gasteiger partial charge in [-0.05, 0) is 18.9 Å². The molecule has 1 unspecified atom stereocenters. The van der Waals surface area contributed by atoms with Crippen LogP contribution >= 0.6 is 0 Å². The van der Waals surface area contributed by atoms with Gasteiger partial charge < -0.3 is 14.4 Å². The zero-order valence-corrected chi connectivity index (χ0v) is 9.28. The molecule has 0 radical (unpaired) electrons. The number of amides is 1. The third-order valence-corrected chi connectivity index (χ3v) is 2.29. The van der Waals surface area contributed by atoms with Crippen LogP contribution in [0.2, 0.25) is 0 Å². The Balaban J connectivity index is 1.86. The van der Waals surface area contributed by atoms with Crippen LogP contribution in [0.25, 0.3) is 0 Å². The van der Waals surface area contributed by atoms with Gasteiger partial charge >= 0.3 is 0 Å². The van der Waals surface area contributed by atoms with Gasteiger partial charge in [0.05, 0.1) is 13.2 Å². The maximum absolute atomic E-state index is 11.1. The lowest BCUT2D eigenvalue weighted by Gasteiger charge is -2.14. The standard InChI is InChI=1S/C11H19NO3/c1-3-11(13)12(2)6-4-5-7-14-8-10-9-15-10/h3,10H,1,4-9H2,2H3. The minimum Gasteiger partial charge on any atom is -0.379 e. The molecule has 1 aliphatic heterocycles. The second kappa shape index (κ2) is 6.58. The van der Waals surface area contributed by atoms with Crippen LogP contribution in [0.4, 0.5) is 0 Å². The van der Waals surface area contributed by atoms with E-state index in [1.54, 1.807) is 11.9 Å². The number of unbranched alkanes of at least 4 members (excludes halogenated alkanes) is 1. The van der Waals surface area contributed by atoms with Crippen molar-refractivity contribution in [2.24, 2.45) is 0 Å². The number of carbonyl (C=O) groups is 1. The van der Waals surface area contributed by atoms with E-state index < -0.39 is 0 Å². The van der Waals surface area contributed by atoms with Crippen molar-refractivity contribution >= 4 is 5.91 Å². The lowest BCUT2D eigenvalue weighted by molar-refractivity contribution is -0.124. The van der Waals surface area contributed by atoms with Crippen molar-refractivity contribution in [3.05, 3.63) is 12.7 Å². The highest BCUT2D eigenvalue weighted by Gasteiger charge is 2.21. The molecule has 0 aromatic carbocycles. The highest BCUT2D eigenvalue weighted by atomic mass is 16.6. The summed E-state index contributed by atoms with van der Waals surface area (Å²) in [4.78, 5) is 12.8. The van der Waals surface area contributed by atoms with Crippen molar-refractivity contribution < 1.29 is 14.3 Å². The molecule has 1 heterocycles. The lowest BCUT2D eigenvalue weighted by Crippen LogP contribution is -2.25. The number of nitrogens with zero attached hydrogens (tertiary/aromatic N) is 1. The molecular formula is C11H19NO3. The quantitative estimate of drug-likeness (QED) is 0.341. The maximum Gasteiger partial charge on any atom is 0.245 e. The molecule has 1 atom stereocenters. The number of rotatable bonds is 8. The molecule has 1 fully saturated rings. The van der Waals surface area contributed by atoms with Crippen molar-refractivity contribution in [3.8, 4) is 0 Å². The van der Waals surface area contributed by atoms with Crippen molar-refractivity contribution in [3.63, 3.8) is 0 Å². The van der Waals surface area contributed by atoms with Gasteiger partial charge in [0.2, 0.25) is 5.91 Å².